The quantitative estimate of drug-likeness (QED) is 0.846. The van der Waals surface area contributed by atoms with Gasteiger partial charge in [0.25, 0.3) is 0 Å². The third-order valence-electron chi connectivity index (χ3n) is 2.12. The molecule has 1 atom stereocenters. The number of halogens is 2. The Bertz CT molecular complexity index is 429. The van der Waals surface area contributed by atoms with Crippen molar-refractivity contribution in [2.75, 3.05) is 5.88 Å². The molecule has 0 heterocycles. The molecule has 3 nitrogen and oxygen atoms in total. The van der Waals surface area contributed by atoms with Crippen LogP contribution >= 0.6 is 27.5 Å². The molecule has 1 N–H and O–H groups in total. The smallest absolute Gasteiger partial charge is 0.207 e. The highest BCUT2D eigenvalue weighted by atomic mass is 79.9. The molecule has 90 valence electrons. The Morgan fingerprint density at radius 2 is 1.94 bits per heavy atom. The van der Waals surface area contributed by atoms with Gasteiger partial charge in [-0.05, 0) is 30.7 Å². The van der Waals surface area contributed by atoms with Gasteiger partial charge in [0.2, 0.25) is 10.0 Å². The monoisotopic (exact) mass is 325 g/mol. The molecule has 1 aromatic rings. The van der Waals surface area contributed by atoms with E-state index >= 15 is 0 Å². The average molecular weight is 327 g/mol. The van der Waals surface area contributed by atoms with Crippen LogP contribution in [0, 0.1) is 0 Å². The molecule has 0 saturated carbocycles. The lowest BCUT2D eigenvalue weighted by Crippen LogP contribution is -2.35. The summed E-state index contributed by atoms with van der Waals surface area (Å²) in [4.78, 5) is 0.249. The number of hydrogen-bond donors (Lipinski definition) is 1. The molecule has 0 aliphatic heterocycles. The van der Waals surface area contributed by atoms with E-state index in [4.69, 9.17) is 11.6 Å². The normalized spacial score (nSPS) is 13.7. The highest BCUT2D eigenvalue weighted by Crippen LogP contribution is 2.15. The molecular formula is C10H13BrClNO2S. The van der Waals surface area contributed by atoms with Gasteiger partial charge < -0.3 is 0 Å². The summed E-state index contributed by atoms with van der Waals surface area (Å²) in [6.45, 7) is 1.89. The van der Waals surface area contributed by atoms with E-state index in [0.717, 1.165) is 4.47 Å². The average Bonchev–Trinajstić information content (AvgIpc) is 2.26. The van der Waals surface area contributed by atoms with Crippen molar-refractivity contribution in [3.8, 4) is 0 Å². The van der Waals surface area contributed by atoms with Gasteiger partial charge in [-0.25, -0.2) is 13.1 Å². The van der Waals surface area contributed by atoms with Gasteiger partial charge in [0.15, 0.2) is 0 Å². The van der Waals surface area contributed by atoms with E-state index in [1.165, 1.54) is 0 Å². The predicted octanol–water partition coefficient (Wildman–Crippen LogP) is 2.74. The summed E-state index contributed by atoms with van der Waals surface area (Å²) < 4.78 is 27.2. The van der Waals surface area contributed by atoms with Crippen molar-refractivity contribution < 1.29 is 8.42 Å². The summed E-state index contributed by atoms with van der Waals surface area (Å²) in [7, 11) is -3.46. The number of alkyl halides is 1. The van der Waals surface area contributed by atoms with Crippen molar-refractivity contribution in [2.45, 2.75) is 24.3 Å². The fourth-order valence-corrected chi connectivity index (χ4v) is 3.10. The summed E-state index contributed by atoms with van der Waals surface area (Å²) in [5, 5.41) is 0. The first kappa shape index (κ1) is 14.0. The van der Waals surface area contributed by atoms with Crippen LogP contribution in [0.15, 0.2) is 33.6 Å². The van der Waals surface area contributed by atoms with Crippen LogP contribution in [-0.2, 0) is 10.0 Å². The maximum Gasteiger partial charge on any atom is 0.240 e. The van der Waals surface area contributed by atoms with Crippen LogP contribution in [-0.4, -0.2) is 20.3 Å². The third-order valence-corrected chi connectivity index (χ3v) is 4.56. The summed E-state index contributed by atoms with van der Waals surface area (Å²) in [5.74, 6) is 0.270. The maximum absolute atomic E-state index is 11.9. The van der Waals surface area contributed by atoms with Crippen molar-refractivity contribution in [1.82, 2.24) is 4.72 Å². The molecule has 6 heteroatoms. The molecule has 0 saturated heterocycles. The molecule has 0 bridgehead atoms. The van der Waals surface area contributed by atoms with Gasteiger partial charge in [-0.3, -0.25) is 0 Å². The maximum atomic E-state index is 11.9. The second kappa shape index (κ2) is 6.00. The molecule has 1 aromatic carbocycles. The summed E-state index contributed by atoms with van der Waals surface area (Å²) in [6, 6.07) is 6.25. The third kappa shape index (κ3) is 3.73. The number of nitrogens with one attached hydrogen (secondary N) is 1. The van der Waals surface area contributed by atoms with Crippen LogP contribution in [0.5, 0.6) is 0 Å². The van der Waals surface area contributed by atoms with Crippen molar-refractivity contribution in [3.05, 3.63) is 28.7 Å². The molecule has 0 amide bonds. The standard InChI is InChI=1S/C10H13BrClNO2S/c1-2-9(7-12)13-16(14,15)10-5-3-8(11)4-6-10/h3-6,9,13H,2,7H2,1H3. The zero-order valence-electron chi connectivity index (χ0n) is 8.78. The zero-order chi connectivity index (χ0) is 12.2. The Kier molecular flexibility index (Phi) is 5.24. The van der Waals surface area contributed by atoms with Gasteiger partial charge in [-0.15, -0.1) is 11.6 Å². The van der Waals surface area contributed by atoms with Gasteiger partial charge >= 0.3 is 0 Å². The van der Waals surface area contributed by atoms with E-state index in [1.807, 2.05) is 6.92 Å². The van der Waals surface area contributed by atoms with Crippen molar-refractivity contribution in [3.63, 3.8) is 0 Å². The lowest BCUT2D eigenvalue weighted by Gasteiger charge is -2.14. The minimum absolute atomic E-state index is 0.227. The Morgan fingerprint density at radius 3 is 2.38 bits per heavy atom. The summed E-state index contributed by atoms with van der Waals surface area (Å²) in [6.07, 6.45) is 0.666. The first-order valence-corrected chi connectivity index (χ1v) is 7.64. The largest absolute Gasteiger partial charge is 0.240 e. The molecule has 16 heavy (non-hydrogen) atoms. The molecule has 0 spiro atoms. The second-order valence-electron chi connectivity index (χ2n) is 3.33. The molecule has 0 radical (unpaired) electrons. The summed E-state index contributed by atoms with van der Waals surface area (Å²) in [5.41, 5.74) is 0. The molecule has 0 aliphatic carbocycles. The van der Waals surface area contributed by atoms with Gasteiger partial charge in [-0.1, -0.05) is 22.9 Å². The first-order chi connectivity index (χ1) is 7.49. The number of hydrogen-bond acceptors (Lipinski definition) is 2. The molecule has 0 aromatic heterocycles. The van der Waals surface area contributed by atoms with E-state index in [2.05, 4.69) is 20.7 Å². The van der Waals surface area contributed by atoms with Gasteiger partial charge in [0.1, 0.15) is 0 Å². The highest BCUT2D eigenvalue weighted by Gasteiger charge is 2.17. The van der Waals surface area contributed by atoms with E-state index in [-0.39, 0.29) is 16.8 Å². The molecule has 1 unspecified atom stereocenters. The second-order valence-corrected chi connectivity index (χ2v) is 6.27. The molecular weight excluding hydrogens is 314 g/mol. The zero-order valence-corrected chi connectivity index (χ0v) is 11.9. The minimum atomic E-state index is -3.46. The Balaban J connectivity index is 2.89. The van der Waals surface area contributed by atoms with Crippen LogP contribution in [0.3, 0.4) is 0 Å². The number of benzene rings is 1. The van der Waals surface area contributed by atoms with Gasteiger partial charge in [0.05, 0.1) is 4.90 Å². The lowest BCUT2D eigenvalue weighted by atomic mass is 10.3. The van der Waals surface area contributed by atoms with E-state index < -0.39 is 10.0 Å². The fourth-order valence-electron chi connectivity index (χ4n) is 1.13. The lowest BCUT2D eigenvalue weighted by molar-refractivity contribution is 0.557. The Hall–Kier alpha value is -0.100. The first-order valence-electron chi connectivity index (χ1n) is 4.83. The minimum Gasteiger partial charge on any atom is -0.207 e. The van der Waals surface area contributed by atoms with Crippen LogP contribution in [0.2, 0.25) is 0 Å². The highest BCUT2D eigenvalue weighted by molar-refractivity contribution is 9.10. The SMILES string of the molecule is CCC(CCl)NS(=O)(=O)c1ccc(Br)cc1. The van der Waals surface area contributed by atoms with E-state index in [0.29, 0.717) is 6.42 Å². The topological polar surface area (TPSA) is 46.2 Å². The number of rotatable bonds is 5. The van der Waals surface area contributed by atoms with Crippen molar-refractivity contribution in [2.24, 2.45) is 0 Å². The molecule has 1 rings (SSSR count). The van der Waals surface area contributed by atoms with Crippen molar-refractivity contribution in [1.29, 1.82) is 0 Å². The molecule has 0 aliphatic rings. The van der Waals surface area contributed by atoms with E-state index in [9.17, 15) is 8.42 Å². The van der Waals surface area contributed by atoms with Crippen LogP contribution < -0.4 is 4.72 Å². The van der Waals surface area contributed by atoms with Crippen LogP contribution in [0.1, 0.15) is 13.3 Å². The van der Waals surface area contributed by atoms with E-state index in [1.54, 1.807) is 24.3 Å². The van der Waals surface area contributed by atoms with Crippen molar-refractivity contribution >= 4 is 37.6 Å². The van der Waals surface area contributed by atoms with Crippen LogP contribution in [0.4, 0.5) is 0 Å². The number of sulfonamides is 1. The Labute approximate surface area is 109 Å². The Morgan fingerprint density at radius 1 is 1.38 bits per heavy atom. The summed E-state index contributed by atoms with van der Waals surface area (Å²) >= 11 is 8.91. The molecule has 0 fully saturated rings. The van der Waals surface area contributed by atoms with Gasteiger partial charge in [-0.2, -0.15) is 0 Å². The predicted molar refractivity (Wildman–Crippen MR) is 69.3 cm³/mol. The van der Waals surface area contributed by atoms with Gasteiger partial charge in [0, 0.05) is 16.4 Å². The fraction of sp³-hybridized carbons (Fsp3) is 0.400. The van der Waals surface area contributed by atoms with Crippen LogP contribution in [0.25, 0.3) is 0 Å².